The summed E-state index contributed by atoms with van der Waals surface area (Å²) in [6.07, 6.45) is 9.70. The van der Waals surface area contributed by atoms with Crippen LogP contribution in [0.1, 0.15) is 44.7 Å². The van der Waals surface area contributed by atoms with Crippen LogP contribution in [0.4, 0.5) is 5.69 Å². The number of hydrogen-bond acceptors (Lipinski definition) is 6. The number of carbonyl (C=O) groups excluding carboxylic acids is 3. The Morgan fingerprint density at radius 3 is 2.43 bits per heavy atom. The smallest absolute Gasteiger partial charge is 0.249 e. The van der Waals surface area contributed by atoms with Gasteiger partial charge in [-0.1, -0.05) is 74.4 Å². The standard InChI is InChI=1S/C35H41N3O6/c1-3-5-9-20-36-21-11-19-35-30(33(41)38(31(35)34(36)42)27(23-39)24-12-7-6-8-13-24)29-28(44-35)14-10-22-37(32(29)40)25-15-17-26(18-16-25)43-4-2/h6-8,10-19,27-31,39H,3-5,9,20-23H2,1-2H3/t27-,28+,29-,30+,31?,35+/m1/s1. The molecule has 9 nitrogen and oxygen atoms in total. The third kappa shape index (κ3) is 5.02. The predicted octanol–water partition coefficient (Wildman–Crippen LogP) is 3.89. The molecule has 6 rings (SSSR count). The first-order valence-corrected chi connectivity index (χ1v) is 15.8. The van der Waals surface area contributed by atoms with Gasteiger partial charge in [-0.05, 0) is 43.2 Å². The van der Waals surface area contributed by atoms with Crippen molar-refractivity contribution < 1.29 is 29.0 Å². The van der Waals surface area contributed by atoms with Gasteiger partial charge in [-0.2, -0.15) is 0 Å². The van der Waals surface area contributed by atoms with Crippen molar-refractivity contribution >= 4 is 23.4 Å². The van der Waals surface area contributed by atoms with Crippen LogP contribution in [-0.4, -0.2) is 83.2 Å². The summed E-state index contributed by atoms with van der Waals surface area (Å²) in [5.41, 5.74) is 0.0555. The van der Waals surface area contributed by atoms with Crippen LogP contribution in [0, 0.1) is 11.8 Å². The van der Waals surface area contributed by atoms with E-state index in [1.165, 1.54) is 4.90 Å². The monoisotopic (exact) mass is 599 g/mol. The van der Waals surface area contributed by atoms with Crippen molar-refractivity contribution in [1.82, 2.24) is 9.80 Å². The summed E-state index contributed by atoms with van der Waals surface area (Å²) >= 11 is 0. The van der Waals surface area contributed by atoms with Crippen molar-refractivity contribution in [3.8, 4) is 5.75 Å². The molecule has 44 heavy (non-hydrogen) atoms. The van der Waals surface area contributed by atoms with Crippen molar-refractivity contribution in [3.05, 3.63) is 84.5 Å². The second-order valence-electron chi connectivity index (χ2n) is 11.9. The lowest BCUT2D eigenvalue weighted by Crippen LogP contribution is -2.56. The van der Waals surface area contributed by atoms with Crippen molar-refractivity contribution in [2.45, 2.75) is 56.9 Å². The molecule has 0 aliphatic carbocycles. The zero-order chi connectivity index (χ0) is 30.8. The molecule has 1 spiro atoms. The molecule has 6 atom stereocenters. The molecule has 2 aromatic carbocycles. The predicted molar refractivity (Wildman–Crippen MR) is 166 cm³/mol. The second-order valence-corrected chi connectivity index (χ2v) is 11.9. The second kappa shape index (κ2) is 12.6. The first-order valence-electron chi connectivity index (χ1n) is 15.8. The number of anilines is 1. The normalized spacial score (nSPS) is 28.4. The molecule has 0 bridgehead atoms. The average molecular weight is 600 g/mol. The number of ether oxygens (including phenoxy) is 2. The highest BCUT2D eigenvalue weighted by atomic mass is 16.5. The molecule has 2 saturated heterocycles. The molecule has 1 N–H and O–H groups in total. The third-order valence-electron chi connectivity index (χ3n) is 9.36. The molecule has 3 amide bonds. The Hall–Kier alpha value is -3.95. The number of rotatable bonds is 10. The van der Waals surface area contributed by atoms with Gasteiger partial charge in [-0.25, -0.2) is 0 Å². The number of aliphatic hydroxyl groups excluding tert-OH is 1. The van der Waals surface area contributed by atoms with Crippen LogP contribution in [0.25, 0.3) is 0 Å². The van der Waals surface area contributed by atoms with E-state index in [4.69, 9.17) is 9.47 Å². The summed E-state index contributed by atoms with van der Waals surface area (Å²) in [5.74, 6) is -1.88. The lowest BCUT2D eigenvalue weighted by Gasteiger charge is -2.38. The van der Waals surface area contributed by atoms with Crippen LogP contribution in [0.5, 0.6) is 5.75 Å². The molecule has 4 aliphatic rings. The quantitative estimate of drug-likeness (QED) is 0.329. The van der Waals surface area contributed by atoms with E-state index in [1.807, 2.05) is 85.8 Å². The molecule has 232 valence electrons. The molecular weight excluding hydrogens is 558 g/mol. The number of hydrogen-bond donors (Lipinski definition) is 1. The minimum Gasteiger partial charge on any atom is -0.494 e. The Kier molecular flexibility index (Phi) is 8.60. The number of likely N-dealkylation sites (tertiary alicyclic amines) is 1. The van der Waals surface area contributed by atoms with Gasteiger partial charge in [0.25, 0.3) is 0 Å². The number of unbranched alkanes of at least 4 members (excludes halogenated alkanes) is 2. The van der Waals surface area contributed by atoms with Gasteiger partial charge in [-0.3, -0.25) is 14.4 Å². The fourth-order valence-corrected chi connectivity index (χ4v) is 7.36. The molecule has 4 aliphatic heterocycles. The summed E-state index contributed by atoms with van der Waals surface area (Å²) < 4.78 is 12.4. The van der Waals surface area contributed by atoms with Crippen LogP contribution >= 0.6 is 0 Å². The molecular formula is C35H41N3O6. The Bertz CT molecular complexity index is 1430. The minimum atomic E-state index is -1.35. The summed E-state index contributed by atoms with van der Waals surface area (Å²) in [6, 6.07) is 14.8. The third-order valence-corrected chi connectivity index (χ3v) is 9.36. The number of aliphatic hydroxyl groups is 1. The molecule has 0 saturated carbocycles. The van der Waals surface area contributed by atoms with E-state index in [9.17, 15) is 19.5 Å². The zero-order valence-corrected chi connectivity index (χ0v) is 25.4. The average Bonchev–Trinajstić information content (AvgIpc) is 3.35. The largest absolute Gasteiger partial charge is 0.494 e. The van der Waals surface area contributed by atoms with Crippen molar-refractivity contribution in [2.75, 3.05) is 37.7 Å². The Morgan fingerprint density at radius 2 is 1.73 bits per heavy atom. The highest BCUT2D eigenvalue weighted by Crippen LogP contribution is 2.55. The zero-order valence-electron chi connectivity index (χ0n) is 25.4. The maximum absolute atomic E-state index is 14.7. The van der Waals surface area contributed by atoms with Gasteiger partial charge < -0.3 is 29.3 Å². The molecule has 0 radical (unpaired) electrons. The maximum Gasteiger partial charge on any atom is 0.249 e. The van der Waals surface area contributed by atoms with Crippen LogP contribution in [0.2, 0.25) is 0 Å². The summed E-state index contributed by atoms with van der Waals surface area (Å²) in [7, 11) is 0. The minimum absolute atomic E-state index is 0.215. The van der Waals surface area contributed by atoms with Crippen molar-refractivity contribution in [3.63, 3.8) is 0 Å². The lowest BCUT2D eigenvalue weighted by atomic mass is 9.77. The topological polar surface area (TPSA) is 99.6 Å². The van der Waals surface area contributed by atoms with Gasteiger partial charge in [0.15, 0.2) is 0 Å². The number of benzene rings is 2. The van der Waals surface area contributed by atoms with Crippen LogP contribution in [-0.2, 0) is 19.1 Å². The molecule has 4 heterocycles. The highest BCUT2D eigenvalue weighted by molar-refractivity contribution is 6.04. The van der Waals surface area contributed by atoms with Gasteiger partial charge >= 0.3 is 0 Å². The summed E-state index contributed by atoms with van der Waals surface area (Å²) in [5, 5.41) is 10.7. The number of carbonyl (C=O) groups is 3. The number of fused-ring (bicyclic) bond motifs is 2. The van der Waals surface area contributed by atoms with E-state index in [0.29, 0.717) is 37.7 Å². The van der Waals surface area contributed by atoms with E-state index in [1.54, 1.807) is 9.80 Å². The maximum atomic E-state index is 14.7. The summed E-state index contributed by atoms with van der Waals surface area (Å²) in [4.78, 5) is 48.7. The van der Waals surface area contributed by atoms with Gasteiger partial charge in [0, 0.05) is 25.3 Å². The fraction of sp³-hybridized carbons (Fsp3) is 0.457. The lowest BCUT2D eigenvalue weighted by molar-refractivity contribution is -0.150. The number of amides is 3. The Balaban J connectivity index is 1.42. The SMILES string of the molecule is CCCCCN1CC=C[C@]23O[C@H]4C=CCN(c5ccc(OCC)cc5)C(=O)[C@H]4[C@H]2C(=O)N([C@H](CO)c2ccccc2)C3C1=O. The van der Waals surface area contributed by atoms with Crippen molar-refractivity contribution in [1.29, 1.82) is 0 Å². The van der Waals surface area contributed by atoms with E-state index < -0.39 is 35.6 Å². The summed E-state index contributed by atoms with van der Waals surface area (Å²) in [6.45, 7) is 5.47. The van der Waals surface area contributed by atoms with Gasteiger partial charge in [0.1, 0.15) is 17.4 Å². The number of nitrogens with zero attached hydrogens (tertiary/aromatic N) is 3. The molecule has 9 heteroatoms. The fourth-order valence-electron chi connectivity index (χ4n) is 7.36. The first-order chi connectivity index (χ1) is 21.4. The Labute approximate surface area is 258 Å². The first kappa shape index (κ1) is 30.1. The van der Waals surface area contributed by atoms with Gasteiger partial charge in [0.2, 0.25) is 17.7 Å². The molecule has 0 aromatic heterocycles. The van der Waals surface area contributed by atoms with Crippen molar-refractivity contribution in [2.24, 2.45) is 11.8 Å². The molecule has 2 aromatic rings. The highest BCUT2D eigenvalue weighted by Gasteiger charge is 2.72. The van der Waals surface area contributed by atoms with E-state index in [2.05, 4.69) is 6.92 Å². The van der Waals surface area contributed by atoms with E-state index >= 15 is 0 Å². The van der Waals surface area contributed by atoms with E-state index in [0.717, 1.165) is 24.8 Å². The Morgan fingerprint density at radius 1 is 0.955 bits per heavy atom. The van der Waals surface area contributed by atoms with Crippen LogP contribution in [0.3, 0.4) is 0 Å². The van der Waals surface area contributed by atoms with E-state index in [-0.39, 0.29) is 24.3 Å². The van der Waals surface area contributed by atoms with Gasteiger partial charge in [0.05, 0.1) is 37.2 Å². The van der Waals surface area contributed by atoms with Crippen LogP contribution < -0.4 is 9.64 Å². The molecule has 1 unspecified atom stereocenters. The van der Waals surface area contributed by atoms with Crippen LogP contribution in [0.15, 0.2) is 78.9 Å². The molecule has 2 fully saturated rings. The van der Waals surface area contributed by atoms with Gasteiger partial charge in [-0.15, -0.1) is 0 Å².